The number of thioether (sulfide) groups is 1. The predicted octanol–water partition coefficient (Wildman–Crippen LogP) is 6.91. The lowest BCUT2D eigenvalue weighted by molar-refractivity contribution is -0.116. The Bertz CT molecular complexity index is 1090. The molecule has 5 heteroatoms. The lowest BCUT2D eigenvalue weighted by Crippen LogP contribution is -2.11. The summed E-state index contributed by atoms with van der Waals surface area (Å²) in [7, 11) is 0. The smallest absolute Gasteiger partial charge is 0.226 e. The van der Waals surface area contributed by atoms with Gasteiger partial charge in [-0.25, -0.2) is 4.98 Å². The minimum absolute atomic E-state index is 0.0211. The van der Waals surface area contributed by atoms with Crippen LogP contribution in [0.15, 0.2) is 95.2 Å². The van der Waals surface area contributed by atoms with E-state index < -0.39 is 0 Å². The zero-order chi connectivity index (χ0) is 21.3. The standard InChI is InChI=1S/C26H24N2OS2/c29-25(12-7-17-30-23-10-5-2-6-11-23)28-26-27-24(19-31-26)22-15-13-21(14-16-22)18-20-8-3-1-4-9-20/h1-6,8-11,13-16,19H,7,12,17-18H2,(H,27,28,29). The molecule has 3 nitrogen and oxygen atoms in total. The fourth-order valence-corrected chi connectivity index (χ4v) is 4.82. The summed E-state index contributed by atoms with van der Waals surface area (Å²) in [5, 5.41) is 5.58. The molecule has 3 aromatic carbocycles. The number of nitrogens with one attached hydrogen (secondary N) is 1. The van der Waals surface area contributed by atoms with Crippen LogP contribution in [-0.2, 0) is 11.2 Å². The van der Waals surface area contributed by atoms with E-state index in [1.165, 1.54) is 27.4 Å². The van der Waals surface area contributed by atoms with E-state index in [1.807, 2.05) is 29.6 Å². The van der Waals surface area contributed by atoms with Crippen molar-refractivity contribution in [2.75, 3.05) is 11.1 Å². The molecule has 156 valence electrons. The van der Waals surface area contributed by atoms with Crippen LogP contribution in [-0.4, -0.2) is 16.6 Å². The van der Waals surface area contributed by atoms with Crippen molar-refractivity contribution in [3.05, 3.63) is 101 Å². The first-order valence-corrected chi connectivity index (χ1v) is 12.2. The summed E-state index contributed by atoms with van der Waals surface area (Å²) in [4.78, 5) is 18.1. The number of nitrogens with zero attached hydrogens (tertiary/aromatic N) is 1. The number of thiazole rings is 1. The van der Waals surface area contributed by atoms with Gasteiger partial charge in [-0.2, -0.15) is 0 Å². The van der Waals surface area contributed by atoms with Gasteiger partial charge in [-0.05, 0) is 41.9 Å². The summed E-state index contributed by atoms with van der Waals surface area (Å²) in [6, 6.07) is 29.2. The second-order valence-electron chi connectivity index (χ2n) is 7.21. The van der Waals surface area contributed by atoms with Crippen molar-refractivity contribution in [3.63, 3.8) is 0 Å². The highest BCUT2D eigenvalue weighted by molar-refractivity contribution is 7.99. The van der Waals surface area contributed by atoms with Crippen molar-refractivity contribution in [2.24, 2.45) is 0 Å². The normalized spacial score (nSPS) is 10.7. The maximum absolute atomic E-state index is 12.2. The number of benzene rings is 3. The molecule has 1 aromatic heterocycles. The average Bonchev–Trinajstić information content (AvgIpc) is 3.27. The third-order valence-electron chi connectivity index (χ3n) is 4.81. The fraction of sp³-hybridized carbons (Fsp3) is 0.154. The molecule has 0 bridgehead atoms. The van der Waals surface area contributed by atoms with Crippen molar-refractivity contribution in [2.45, 2.75) is 24.2 Å². The zero-order valence-corrected chi connectivity index (χ0v) is 18.8. The lowest BCUT2D eigenvalue weighted by Gasteiger charge is -2.04. The van der Waals surface area contributed by atoms with E-state index in [0.29, 0.717) is 11.6 Å². The second kappa shape index (κ2) is 10.9. The molecule has 1 amide bonds. The monoisotopic (exact) mass is 444 g/mol. The van der Waals surface area contributed by atoms with Crippen LogP contribution >= 0.6 is 23.1 Å². The number of carbonyl (C=O) groups excluding carboxylic acids is 1. The number of hydrogen-bond donors (Lipinski definition) is 1. The Kier molecular flexibility index (Phi) is 7.53. The molecule has 0 fully saturated rings. The topological polar surface area (TPSA) is 42.0 Å². The van der Waals surface area contributed by atoms with E-state index in [-0.39, 0.29) is 5.91 Å². The summed E-state index contributed by atoms with van der Waals surface area (Å²) in [6.07, 6.45) is 2.26. The molecular weight excluding hydrogens is 420 g/mol. The van der Waals surface area contributed by atoms with Gasteiger partial charge in [0.15, 0.2) is 5.13 Å². The molecule has 0 aliphatic heterocycles. The molecule has 0 saturated carbocycles. The van der Waals surface area contributed by atoms with Gasteiger partial charge in [0.25, 0.3) is 0 Å². The summed E-state index contributed by atoms with van der Waals surface area (Å²) >= 11 is 3.25. The molecule has 0 saturated heterocycles. The van der Waals surface area contributed by atoms with Crippen LogP contribution in [0.25, 0.3) is 11.3 Å². The van der Waals surface area contributed by atoms with Gasteiger partial charge in [0.05, 0.1) is 5.69 Å². The maximum atomic E-state index is 12.2. The highest BCUT2D eigenvalue weighted by Gasteiger charge is 2.08. The maximum Gasteiger partial charge on any atom is 0.226 e. The van der Waals surface area contributed by atoms with Gasteiger partial charge in [-0.1, -0.05) is 72.8 Å². The van der Waals surface area contributed by atoms with Crippen molar-refractivity contribution >= 4 is 34.1 Å². The molecule has 4 rings (SSSR count). The Labute approximate surface area is 191 Å². The summed E-state index contributed by atoms with van der Waals surface area (Å²) < 4.78 is 0. The number of aromatic nitrogens is 1. The second-order valence-corrected chi connectivity index (χ2v) is 9.24. The first kappa shape index (κ1) is 21.3. The Balaban J connectivity index is 1.25. The molecule has 0 aliphatic carbocycles. The van der Waals surface area contributed by atoms with Crippen LogP contribution < -0.4 is 5.32 Å². The number of rotatable bonds is 9. The number of amides is 1. The summed E-state index contributed by atoms with van der Waals surface area (Å²) in [6.45, 7) is 0. The Hall–Kier alpha value is -2.89. The Morgan fingerprint density at radius 2 is 1.55 bits per heavy atom. The van der Waals surface area contributed by atoms with Gasteiger partial charge < -0.3 is 5.32 Å². The molecule has 0 unspecified atom stereocenters. The first-order valence-electron chi connectivity index (χ1n) is 10.3. The van der Waals surface area contributed by atoms with Crippen LogP contribution in [0.1, 0.15) is 24.0 Å². The van der Waals surface area contributed by atoms with Crippen molar-refractivity contribution in [1.29, 1.82) is 0 Å². The van der Waals surface area contributed by atoms with Crippen molar-refractivity contribution < 1.29 is 4.79 Å². The van der Waals surface area contributed by atoms with Crippen LogP contribution in [0.5, 0.6) is 0 Å². The molecule has 0 aliphatic rings. The van der Waals surface area contributed by atoms with E-state index in [1.54, 1.807) is 11.8 Å². The fourth-order valence-electron chi connectivity index (χ4n) is 3.21. The quantitative estimate of drug-likeness (QED) is 0.225. The van der Waals surface area contributed by atoms with Gasteiger partial charge in [0.1, 0.15) is 0 Å². The minimum Gasteiger partial charge on any atom is -0.302 e. The van der Waals surface area contributed by atoms with Gasteiger partial charge >= 0.3 is 0 Å². The third-order valence-corrected chi connectivity index (χ3v) is 6.67. The summed E-state index contributed by atoms with van der Waals surface area (Å²) in [5.41, 5.74) is 4.53. The number of carbonyl (C=O) groups is 1. The van der Waals surface area contributed by atoms with E-state index in [9.17, 15) is 4.79 Å². The Morgan fingerprint density at radius 1 is 0.871 bits per heavy atom. The highest BCUT2D eigenvalue weighted by Crippen LogP contribution is 2.26. The number of hydrogen-bond acceptors (Lipinski definition) is 4. The average molecular weight is 445 g/mol. The van der Waals surface area contributed by atoms with E-state index >= 15 is 0 Å². The van der Waals surface area contributed by atoms with Gasteiger partial charge in [-0.15, -0.1) is 23.1 Å². The van der Waals surface area contributed by atoms with Crippen LogP contribution in [0, 0.1) is 0 Å². The van der Waals surface area contributed by atoms with E-state index in [4.69, 9.17) is 0 Å². The van der Waals surface area contributed by atoms with E-state index in [0.717, 1.165) is 29.9 Å². The first-order chi connectivity index (χ1) is 15.3. The molecule has 0 atom stereocenters. The van der Waals surface area contributed by atoms with Crippen molar-refractivity contribution in [3.8, 4) is 11.3 Å². The van der Waals surface area contributed by atoms with Crippen molar-refractivity contribution in [1.82, 2.24) is 4.98 Å². The molecule has 1 N–H and O–H groups in total. The third kappa shape index (κ3) is 6.54. The molecule has 31 heavy (non-hydrogen) atoms. The van der Waals surface area contributed by atoms with Crippen LogP contribution in [0.2, 0.25) is 0 Å². The molecular formula is C26H24N2OS2. The molecule has 4 aromatic rings. The minimum atomic E-state index is 0.0211. The van der Waals surface area contributed by atoms with E-state index in [2.05, 4.69) is 71.0 Å². The van der Waals surface area contributed by atoms with Gasteiger partial charge in [0.2, 0.25) is 5.91 Å². The largest absolute Gasteiger partial charge is 0.302 e. The molecule has 1 heterocycles. The number of anilines is 1. The van der Waals surface area contributed by atoms with Crippen LogP contribution in [0.4, 0.5) is 5.13 Å². The Morgan fingerprint density at radius 3 is 2.29 bits per heavy atom. The molecule has 0 radical (unpaired) electrons. The van der Waals surface area contributed by atoms with Gasteiger partial charge in [0, 0.05) is 22.3 Å². The zero-order valence-electron chi connectivity index (χ0n) is 17.2. The SMILES string of the molecule is O=C(CCCSc1ccccc1)Nc1nc(-c2ccc(Cc3ccccc3)cc2)cs1. The lowest BCUT2D eigenvalue weighted by atomic mass is 10.0. The summed E-state index contributed by atoms with van der Waals surface area (Å²) in [5.74, 6) is 0.948. The highest BCUT2D eigenvalue weighted by atomic mass is 32.2. The molecule has 0 spiro atoms. The van der Waals surface area contributed by atoms with Gasteiger partial charge in [-0.3, -0.25) is 4.79 Å². The van der Waals surface area contributed by atoms with Crippen LogP contribution in [0.3, 0.4) is 0 Å². The predicted molar refractivity (Wildman–Crippen MR) is 132 cm³/mol.